The number of sulfonamides is 1. The molecule has 0 saturated heterocycles. The quantitative estimate of drug-likeness (QED) is 0.533. The number of hydrogen-bond donors (Lipinski definition) is 2. The molecule has 0 atom stereocenters. The van der Waals surface area contributed by atoms with Gasteiger partial charge in [-0.25, -0.2) is 27.5 Å². The summed E-state index contributed by atoms with van der Waals surface area (Å²) in [7, 11) is -3.87. The fraction of sp³-hybridized carbons (Fsp3) is 0.100. The number of Topliss-reactive ketones (excluding diaryl/α,β-unsaturated/α-hetero) is 1. The van der Waals surface area contributed by atoms with Gasteiger partial charge in [0.1, 0.15) is 5.82 Å². The Labute approximate surface area is 172 Å². The van der Waals surface area contributed by atoms with Gasteiger partial charge in [0.25, 0.3) is 10.0 Å². The van der Waals surface area contributed by atoms with Gasteiger partial charge in [-0.15, -0.1) is 0 Å². The van der Waals surface area contributed by atoms with E-state index in [1.165, 1.54) is 60.9 Å². The van der Waals surface area contributed by atoms with Gasteiger partial charge in [0.2, 0.25) is 11.9 Å². The van der Waals surface area contributed by atoms with Crippen molar-refractivity contribution < 1.29 is 22.4 Å². The second-order valence-corrected chi connectivity index (χ2v) is 7.86. The van der Waals surface area contributed by atoms with E-state index in [2.05, 4.69) is 20.0 Å². The summed E-state index contributed by atoms with van der Waals surface area (Å²) in [5.41, 5.74) is 0.706. The van der Waals surface area contributed by atoms with Crippen LogP contribution < -0.4 is 10.0 Å². The van der Waals surface area contributed by atoms with Crippen molar-refractivity contribution in [2.75, 3.05) is 10.0 Å². The van der Waals surface area contributed by atoms with Gasteiger partial charge in [0.05, 0.1) is 4.90 Å². The largest absolute Gasteiger partial charge is 0.326 e. The number of aromatic nitrogens is 2. The molecule has 2 N–H and O–H groups in total. The highest BCUT2D eigenvalue weighted by Gasteiger charge is 2.16. The molecular formula is C20H17FN4O4S. The Balaban J connectivity index is 1.55. The molecule has 0 fully saturated rings. The summed E-state index contributed by atoms with van der Waals surface area (Å²) in [6, 6.07) is 12.2. The van der Waals surface area contributed by atoms with Crippen molar-refractivity contribution >= 4 is 33.3 Å². The highest BCUT2D eigenvalue weighted by molar-refractivity contribution is 7.92. The first-order chi connectivity index (χ1) is 14.3. The van der Waals surface area contributed by atoms with Crippen LogP contribution >= 0.6 is 0 Å². The molecular weight excluding hydrogens is 411 g/mol. The minimum absolute atomic E-state index is 0.0283. The Morgan fingerprint density at radius 3 is 2.17 bits per heavy atom. The number of anilines is 2. The summed E-state index contributed by atoms with van der Waals surface area (Å²) in [6.07, 6.45) is 2.71. The molecule has 0 radical (unpaired) electrons. The predicted molar refractivity (Wildman–Crippen MR) is 108 cm³/mol. The number of carbonyl (C=O) groups excluding carboxylic acids is 2. The number of hydrogen-bond acceptors (Lipinski definition) is 6. The van der Waals surface area contributed by atoms with Crippen LogP contribution in [0.2, 0.25) is 0 Å². The van der Waals surface area contributed by atoms with Crippen molar-refractivity contribution in [2.45, 2.75) is 17.7 Å². The highest BCUT2D eigenvalue weighted by atomic mass is 32.2. The second-order valence-electron chi connectivity index (χ2n) is 6.18. The Morgan fingerprint density at radius 1 is 0.900 bits per heavy atom. The fourth-order valence-corrected chi connectivity index (χ4v) is 3.44. The SMILES string of the molecule is O=C(CCC(=O)c1ccc(F)cc1)Nc1ccc(S(=O)(=O)Nc2ncccn2)cc1. The van der Waals surface area contributed by atoms with Crippen molar-refractivity contribution in [3.05, 3.63) is 78.4 Å². The lowest BCUT2D eigenvalue weighted by molar-refractivity contribution is -0.116. The van der Waals surface area contributed by atoms with Gasteiger partial charge in [-0.2, -0.15) is 0 Å². The minimum Gasteiger partial charge on any atom is -0.326 e. The molecule has 1 aromatic heterocycles. The number of amides is 1. The van der Waals surface area contributed by atoms with Crippen LogP contribution in [-0.2, 0) is 14.8 Å². The lowest BCUT2D eigenvalue weighted by Gasteiger charge is -2.08. The first-order valence-electron chi connectivity index (χ1n) is 8.82. The summed E-state index contributed by atoms with van der Waals surface area (Å²) < 4.78 is 39.8. The molecule has 0 spiro atoms. The number of nitrogens with one attached hydrogen (secondary N) is 2. The normalized spacial score (nSPS) is 11.0. The first kappa shape index (κ1) is 21.1. The number of halogens is 1. The van der Waals surface area contributed by atoms with E-state index in [9.17, 15) is 22.4 Å². The van der Waals surface area contributed by atoms with Crippen LogP contribution in [0.4, 0.5) is 16.0 Å². The van der Waals surface area contributed by atoms with Crippen molar-refractivity contribution in [1.29, 1.82) is 0 Å². The van der Waals surface area contributed by atoms with Crippen molar-refractivity contribution in [3.8, 4) is 0 Å². The monoisotopic (exact) mass is 428 g/mol. The number of carbonyl (C=O) groups is 2. The van der Waals surface area contributed by atoms with Gasteiger partial charge in [-0.05, 0) is 54.6 Å². The van der Waals surface area contributed by atoms with E-state index in [0.717, 1.165) is 0 Å². The van der Waals surface area contributed by atoms with Crippen LogP contribution in [0.5, 0.6) is 0 Å². The Kier molecular flexibility index (Phi) is 6.48. The lowest BCUT2D eigenvalue weighted by Crippen LogP contribution is -2.16. The maximum atomic E-state index is 12.9. The molecule has 2 aromatic carbocycles. The number of ketones is 1. The third-order valence-corrected chi connectivity index (χ3v) is 5.33. The summed E-state index contributed by atoms with van der Waals surface area (Å²) >= 11 is 0. The van der Waals surface area contributed by atoms with Crippen molar-refractivity contribution in [1.82, 2.24) is 9.97 Å². The second kappa shape index (κ2) is 9.23. The van der Waals surface area contributed by atoms with Crippen LogP contribution in [0, 0.1) is 5.82 Å². The molecule has 10 heteroatoms. The standard InChI is InChI=1S/C20H17FN4O4S/c21-15-4-2-14(3-5-15)18(26)10-11-19(27)24-16-6-8-17(9-7-16)30(28,29)25-20-22-12-1-13-23-20/h1-9,12-13H,10-11H2,(H,24,27)(H,22,23,25). The zero-order chi connectivity index (χ0) is 21.6. The van der Waals surface area contributed by atoms with Gasteiger partial charge in [-0.1, -0.05) is 0 Å². The molecule has 3 aromatic rings. The molecule has 0 aliphatic carbocycles. The van der Waals surface area contributed by atoms with Crippen LogP contribution in [-0.4, -0.2) is 30.1 Å². The first-order valence-corrected chi connectivity index (χ1v) is 10.3. The average Bonchev–Trinajstić information content (AvgIpc) is 2.73. The van der Waals surface area contributed by atoms with Crippen LogP contribution in [0.3, 0.4) is 0 Å². The topological polar surface area (TPSA) is 118 Å². The van der Waals surface area contributed by atoms with E-state index in [1.54, 1.807) is 6.07 Å². The maximum absolute atomic E-state index is 12.9. The Hall–Kier alpha value is -3.66. The molecule has 0 unspecified atom stereocenters. The molecule has 30 heavy (non-hydrogen) atoms. The smallest absolute Gasteiger partial charge is 0.264 e. The minimum atomic E-state index is -3.87. The lowest BCUT2D eigenvalue weighted by atomic mass is 10.1. The molecule has 154 valence electrons. The van der Waals surface area contributed by atoms with Crippen molar-refractivity contribution in [2.24, 2.45) is 0 Å². The van der Waals surface area contributed by atoms with Gasteiger partial charge in [0.15, 0.2) is 5.78 Å². The summed E-state index contributed by atoms with van der Waals surface area (Å²) in [5.74, 6) is -1.18. The molecule has 3 rings (SSSR count). The van der Waals surface area contributed by atoms with Crippen molar-refractivity contribution in [3.63, 3.8) is 0 Å². The van der Waals surface area contributed by atoms with Crippen LogP contribution in [0.15, 0.2) is 71.9 Å². The molecule has 1 amide bonds. The van der Waals surface area contributed by atoms with Gasteiger partial charge in [-0.3, -0.25) is 9.59 Å². The predicted octanol–water partition coefficient (Wildman–Crippen LogP) is 3.02. The summed E-state index contributed by atoms with van der Waals surface area (Å²) in [6.45, 7) is 0. The van der Waals surface area contributed by atoms with Crippen LogP contribution in [0.25, 0.3) is 0 Å². The van der Waals surface area contributed by atoms with E-state index in [1.807, 2.05) is 0 Å². The van der Waals surface area contributed by atoms with E-state index < -0.39 is 21.7 Å². The Bertz CT molecular complexity index is 1140. The summed E-state index contributed by atoms with van der Waals surface area (Å²) in [4.78, 5) is 31.7. The molecule has 8 nitrogen and oxygen atoms in total. The van der Waals surface area contributed by atoms with Gasteiger partial charge < -0.3 is 5.32 Å². The number of benzene rings is 2. The molecule has 0 saturated carbocycles. The number of nitrogens with zero attached hydrogens (tertiary/aromatic N) is 2. The third-order valence-electron chi connectivity index (χ3n) is 3.99. The van der Waals surface area contributed by atoms with E-state index in [-0.39, 0.29) is 29.5 Å². The highest BCUT2D eigenvalue weighted by Crippen LogP contribution is 2.17. The Morgan fingerprint density at radius 2 is 1.53 bits per heavy atom. The van der Waals surface area contributed by atoms with E-state index >= 15 is 0 Å². The number of rotatable bonds is 8. The van der Waals surface area contributed by atoms with Crippen LogP contribution in [0.1, 0.15) is 23.2 Å². The molecule has 0 aliphatic heterocycles. The van der Waals surface area contributed by atoms with Gasteiger partial charge >= 0.3 is 0 Å². The maximum Gasteiger partial charge on any atom is 0.264 e. The zero-order valence-corrected chi connectivity index (χ0v) is 16.4. The zero-order valence-electron chi connectivity index (χ0n) is 15.6. The third kappa shape index (κ3) is 5.67. The molecule has 1 heterocycles. The van der Waals surface area contributed by atoms with E-state index in [4.69, 9.17) is 0 Å². The fourth-order valence-electron chi connectivity index (χ4n) is 2.48. The van der Waals surface area contributed by atoms with Gasteiger partial charge in [0, 0.05) is 36.5 Å². The summed E-state index contributed by atoms with van der Waals surface area (Å²) in [5, 5.41) is 2.60. The molecule has 0 bridgehead atoms. The average molecular weight is 428 g/mol. The molecule has 0 aliphatic rings. The van der Waals surface area contributed by atoms with E-state index in [0.29, 0.717) is 11.3 Å².